The lowest BCUT2D eigenvalue weighted by atomic mass is 9.78. The zero-order valence-electron chi connectivity index (χ0n) is 7.28. The van der Waals surface area contributed by atoms with Gasteiger partial charge in [0.15, 0.2) is 0 Å². The van der Waals surface area contributed by atoms with E-state index in [1.165, 1.54) is 25.0 Å². The van der Waals surface area contributed by atoms with Crippen LogP contribution in [0.25, 0.3) is 0 Å². The van der Waals surface area contributed by atoms with Gasteiger partial charge in [0.05, 0.1) is 0 Å². The molecule has 1 heterocycles. The van der Waals surface area contributed by atoms with Crippen LogP contribution < -0.4 is 0 Å². The highest BCUT2D eigenvalue weighted by molar-refractivity contribution is 5.83. The van der Waals surface area contributed by atoms with Gasteiger partial charge >= 0.3 is 0 Å². The van der Waals surface area contributed by atoms with Gasteiger partial charge in [0.25, 0.3) is 0 Å². The minimum Gasteiger partial charge on any atom is -0.294 e. The fourth-order valence-electron chi connectivity index (χ4n) is 1.58. The lowest BCUT2D eigenvalue weighted by molar-refractivity contribution is 0.292. The van der Waals surface area contributed by atoms with E-state index in [9.17, 15) is 0 Å². The molecule has 0 N–H and O–H groups in total. The van der Waals surface area contributed by atoms with Gasteiger partial charge in [-0.15, -0.1) is 0 Å². The van der Waals surface area contributed by atoms with E-state index in [2.05, 4.69) is 25.8 Å². The Morgan fingerprint density at radius 3 is 2.70 bits per heavy atom. The van der Waals surface area contributed by atoms with E-state index in [-0.39, 0.29) is 0 Å². The van der Waals surface area contributed by atoms with Gasteiger partial charge in [-0.25, -0.2) is 0 Å². The molecule has 0 bridgehead atoms. The second-order valence-electron chi connectivity index (χ2n) is 3.71. The van der Waals surface area contributed by atoms with Crippen LogP contribution in [0.4, 0.5) is 0 Å². The largest absolute Gasteiger partial charge is 0.294 e. The van der Waals surface area contributed by atoms with Gasteiger partial charge in [-0.3, -0.25) is 4.99 Å². The van der Waals surface area contributed by atoms with Crippen LogP contribution in [-0.2, 0) is 0 Å². The first-order valence-corrected chi connectivity index (χ1v) is 4.16. The summed E-state index contributed by atoms with van der Waals surface area (Å²) in [5.41, 5.74) is 1.90. The second kappa shape index (κ2) is 2.73. The summed E-state index contributed by atoms with van der Waals surface area (Å²) in [6, 6.07) is 0. The molecule has 0 aromatic heterocycles. The van der Waals surface area contributed by atoms with Gasteiger partial charge in [-0.1, -0.05) is 20.3 Å². The minimum atomic E-state index is 0.561. The molecule has 0 radical (unpaired) electrons. The van der Waals surface area contributed by atoms with Crippen molar-refractivity contribution < 1.29 is 0 Å². The van der Waals surface area contributed by atoms with Crippen molar-refractivity contribution in [2.75, 3.05) is 6.54 Å². The summed E-state index contributed by atoms with van der Waals surface area (Å²) in [6.07, 6.45) is 3.78. The predicted octanol–water partition coefficient (Wildman–Crippen LogP) is 2.66. The van der Waals surface area contributed by atoms with Crippen molar-refractivity contribution in [3.8, 4) is 0 Å². The summed E-state index contributed by atoms with van der Waals surface area (Å²) < 4.78 is 0. The molecule has 0 amide bonds. The fourth-order valence-corrected chi connectivity index (χ4v) is 1.58. The Morgan fingerprint density at radius 2 is 2.30 bits per heavy atom. The number of hydrogen-bond donors (Lipinski definition) is 0. The molecule has 10 heavy (non-hydrogen) atoms. The molecular formula is C9H17N. The van der Waals surface area contributed by atoms with Gasteiger partial charge < -0.3 is 0 Å². The molecule has 1 aliphatic rings. The van der Waals surface area contributed by atoms with E-state index >= 15 is 0 Å². The highest BCUT2D eigenvalue weighted by Crippen LogP contribution is 2.32. The first-order valence-electron chi connectivity index (χ1n) is 4.16. The lowest BCUT2D eigenvalue weighted by Gasteiger charge is -2.30. The highest BCUT2D eigenvalue weighted by Gasteiger charge is 2.24. The van der Waals surface area contributed by atoms with Crippen LogP contribution in [0.15, 0.2) is 4.99 Å². The molecule has 0 aromatic rings. The maximum absolute atomic E-state index is 4.39. The van der Waals surface area contributed by atoms with Crippen LogP contribution >= 0.6 is 0 Å². The predicted molar refractivity (Wildman–Crippen MR) is 45.6 cm³/mol. The summed E-state index contributed by atoms with van der Waals surface area (Å²) in [5.74, 6) is 0. The Kier molecular flexibility index (Phi) is 2.12. The topological polar surface area (TPSA) is 12.4 Å². The Bertz CT molecular complexity index is 149. The fraction of sp³-hybridized carbons (Fsp3) is 0.889. The smallest absolute Gasteiger partial charge is 0.0393 e. The van der Waals surface area contributed by atoms with Crippen LogP contribution in [0.1, 0.15) is 40.0 Å². The number of aliphatic imine (C=N–C) groups is 1. The van der Waals surface area contributed by atoms with E-state index in [1.807, 2.05) is 0 Å². The summed E-state index contributed by atoms with van der Waals surface area (Å²) in [4.78, 5) is 4.39. The molecule has 1 heteroatoms. The summed E-state index contributed by atoms with van der Waals surface area (Å²) in [6.45, 7) is 7.84. The molecule has 1 unspecified atom stereocenters. The third-order valence-corrected chi connectivity index (χ3v) is 2.63. The van der Waals surface area contributed by atoms with E-state index in [0.29, 0.717) is 5.41 Å². The van der Waals surface area contributed by atoms with Crippen LogP contribution in [0.5, 0.6) is 0 Å². The molecule has 0 fully saturated rings. The minimum absolute atomic E-state index is 0.561. The SMILES string of the molecule is CCC1(C)CCN=C(C)C1. The molecule has 0 spiro atoms. The third-order valence-electron chi connectivity index (χ3n) is 2.63. The maximum atomic E-state index is 4.39. The molecule has 0 aliphatic carbocycles. The monoisotopic (exact) mass is 139 g/mol. The van der Waals surface area contributed by atoms with Crippen molar-refractivity contribution in [1.29, 1.82) is 0 Å². The first-order chi connectivity index (χ1) is 4.66. The van der Waals surface area contributed by atoms with Crippen molar-refractivity contribution in [3.63, 3.8) is 0 Å². The van der Waals surface area contributed by atoms with Gasteiger partial charge in [-0.2, -0.15) is 0 Å². The molecular weight excluding hydrogens is 122 g/mol. The Balaban J connectivity index is 2.60. The van der Waals surface area contributed by atoms with Crippen LogP contribution in [0.2, 0.25) is 0 Å². The average molecular weight is 139 g/mol. The van der Waals surface area contributed by atoms with Gasteiger partial charge in [0.1, 0.15) is 0 Å². The molecule has 0 saturated heterocycles. The quantitative estimate of drug-likeness (QED) is 0.529. The van der Waals surface area contributed by atoms with Crippen molar-refractivity contribution >= 4 is 5.71 Å². The normalized spacial score (nSPS) is 33.7. The van der Waals surface area contributed by atoms with E-state index in [1.54, 1.807) is 0 Å². The molecule has 0 saturated carbocycles. The molecule has 0 aromatic carbocycles. The zero-order valence-corrected chi connectivity index (χ0v) is 7.28. The molecule has 1 nitrogen and oxygen atoms in total. The average Bonchev–Trinajstić information content (AvgIpc) is 1.88. The van der Waals surface area contributed by atoms with Crippen molar-refractivity contribution in [2.24, 2.45) is 10.4 Å². The Hall–Kier alpha value is -0.330. The van der Waals surface area contributed by atoms with E-state index in [0.717, 1.165) is 6.54 Å². The summed E-state index contributed by atoms with van der Waals surface area (Å²) in [7, 11) is 0. The summed E-state index contributed by atoms with van der Waals surface area (Å²) in [5, 5.41) is 0. The van der Waals surface area contributed by atoms with E-state index in [4.69, 9.17) is 0 Å². The van der Waals surface area contributed by atoms with Crippen LogP contribution in [-0.4, -0.2) is 12.3 Å². The third kappa shape index (κ3) is 1.59. The number of nitrogens with zero attached hydrogens (tertiary/aromatic N) is 1. The number of hydrogen-bond acceptors (Lipinski definition) is 1. The van der Waals surface area contributed by atoms with Gasteiger partial charge in [-0.05, 0) is 25.2 Å². The highest BCUT2D eigenvalue weighted by atomic mass is 14.8. The van der Waals surface area contributed by atoms with Crippen LogP contribution in [0, 0.1) is 5.41 Å². The second-order valence-corrected chi connectivity index (χ2v) is 3.71. The number of rotatable bonds is 1. The van der Waals surface area contributed by atoms with Crippen molar-refractivity contribution in [1.82, 2.24) is 0 Å². The van der Waals surface area contributed by atoms with Gasteiger partial charge in [0.2, 0.25) is 0 Å². The summed E-state index contributed by atoms with van der Waals surface area (Å²) >= 11 is 0. The molecule has 1 aliphatic heterocycles. The van der Waals surface area contributed by atoms with Crippen molar-refractivity contribution in [3.05, 3.63) is 0 Å². The Morgan fingerprint density at radius 1 is 1.60 bits per heavy atom. The standard InChI is InChI=1S/C9H17N/c1-4-9(3)5-6-10-8(2)7-9/h4-7H2,1-3H3. The van der Waals surface area contributed by atoms with Crippen LogP contribution in [0.3, 0.4) is 0 Å². The molecule has 1 rings (SSSR count). The van der Waals surface area contributed by atoms with E-state index < -0.39 is 0 Å². The molecule has 58 valence electrons. The van der Waals surface area contributed by atoms with Gasteiger partial charge in [0, 0.05) is 12.3 Å². The molecule has 1 atom stereocenters. The maximum Gasteiger partial charge on any atom is 0.0393 e. The van der Waals surface area contributed by atoms with Crippen molar-refractivity contribution in [2.45, 2.75) is 40.0 Å². The Labute approximate surface area is 63.5 Å². The first kappa shape index (κ1) is 7.77. The lowest BCUT2D eigenvalue weighted by Crippen LogP contribution is -2.24. The zero-order chi connectivity index (χ0) is 7.61.